The van der Waals surface area contributed by atoms with Gasteiger partial charge in [-0.2, -0.15) is 0 Å². The van der Waals surface area contributed by atoms with E-state index in [9.17, 15) is 4.79 Å². The van der Waals surface area contributed by atoms with Gasteiger partial charge in [-0.15, -0.1) is 0 Å². The summed E-state index contributed by atoms with van der Waals surface area (Å²) in [5, 5.41) is 0. The van der Waals surface area contributed by atoms with Gasteiger partial charge in [-0.05, 0) is 25.2 Å². The lowest BCUT2D eigenvalue weighted by molar-refractivity contribution is -0.145. The summed E-state index contributed by atoms with van der Waals surface area (Å²) in [4.78, 5) is 11.3. The zero-order valence-corrected chi connectivity index (χ0v) is 6.67. The molecule has 2 rings (SSSR count). The highest BCUT2D eigenvalue weighted by atomic mass is 16.5. The molecule has 0 N–H and O–H groups in total. The molecular formula is C9H12O2. The van der Waals surface area contributed by atoms with Gasteiger partial charge in [0.15, 0.2) is 0 Å². The zero-order valence-electron chi connectivity index (χ0n) is 6.67. The minimum Gasteiger partial charge on any atom is -0.468 e. The predicted molar refractivity (Wildman–Crippen MR) is 40.9 cm³/mol. The highest BCUT2D eigenvalue weighted by Gasteiger charge is 2.59. The van der Waals surface area contributed by atoms with Crippen LogP contribution in [0.2, 0.25) is 0 Å². The Hall–Kier alpha value is -0.790. The lowest BCUT2D eigenvalue weighted by Crippen LogP contribution is -2.19. The van der Waals surface area contributed by atoms with Crippen molar-refractivity contribution in [1.82, 2.24) is 0 Å². The summed E-state index contributed by atoms with van der Waals surface area (Å²) >= 11 is 0. The number of ether oxygens (including phenoxy) is 1. The van der Waals surface area contributed by atoms with E-state index < -0.39 is 0 Å². The molecule has 0 amide bonds. The van der Waals surface area contributed by atoms with Crippen molar-refractivity contribution in [1.29, 1.82) is 0 Å². The maximum absolute atomic E-state index is 11.3. The van der Waals surface area contributed by atoms with Crippen LogP contribution in [-0.2, 0) is 9.53 Å². The highest BCUT2D eigenvalue weighted by Crippen LogP contribution is 2.58. The average molecular weight is 152 g/mol. The third-order valence-corrected chi connectivity index (χ3v) is 2.82. The smallest absolute Gasteiger partial charge is 0.315 e. The van der Waals surface area contributed by atoms with E-state index in [1.165, 1.54) is 7.11 Å². The molecule has 2 unspecified atom stereocenters. The second kappa shape index (κ2) is 2.10. The van der Waals surface area contributed by atoms with Crippen molar-refractivity contribution < 1.29 is 9.53 Å². The topological polar surface area (TPSA) is 26.3 Å². The van der Waals surface area contributed by atoms with Gasteiger partial charge >= 0.3 is 5.97 Å². The van der Waals surface area contributed by atoms with Crippen molar-refractivity contribution in [3.05, 3.63) is 12.2 Å². The van der Waals surface area contributed by atoms with Crippen LogP contribution in [-0.4, -0.2) is 13.1 Å². The van der Waals surface area contributed by atoms with E-state index in [0.717, 1.165) is 19.3 Å². The monoisotopic (exact) mass is 152 g/mol. The summed E-state index contributed by atoms with van der Waals surface area (Å²) in [5.74, 6) is 0.540. The quantitative estimate of drug-likeness (QED) is 0.420. The van der Waals surface area contributed by atoms with E-state index in [-0.39, 0.29) is 11.4 Å². The lowest BCUT2D eigenvalue weighted by atomic mass is 9.95. The molecule has 60 valence electrons. The minimum atomic E-state index is -0.187. The van der Waals surface area contributed by atoms with Gasteiger partial charge < -0.3 is 4.74 Å². The minimum absolute atomic E-state index is 0.0431. The molecule has 2 aliphatic carbocycles. The molecule has 0 saturated heterocycles. The van der Waals surface area contributed by atoms with Crippen LogP contribution in [0, 0.1) is 11.3 Å². The number of allylic oxidation sites excluding steroid dienone is 1. The Morgan fingerprint density at radius 1 is 1.73 bits per heavy atom. The molecule has 0 aromatic rings. The zero-order chi connectivity index (χ0) is 7.90. The second-order valence-electron chi connectivity index (χ2n) is 3.41. The first-order valence-corrected chi connectivity index (χ1v) is 4.06. The Labute approximate surface area is 66.2 Å². The Bertz CT molecular complexity index is 220. The molecule has 11 heavy (non-hydrogen) atoms. The van der Waals surface area contributed by atoms with Gasteiger partial charge in [0.1, 0.15) is 0 Å². The van der Waals surface area contributed by atoms with Crippen LogP contribution in [0.5, 0.6) is 0 Å². The van der Waals surface area contributed by atoms with Crippen molar-refractivity contribution in [3.63, 3.8) is 0 Å². The summed E-state index contributed by atoms with van der Waals surface area (Å²) in [7, 11) is 1.47. The van der Waals surface area contributed by atoms with Crippen molar-refractivity contribution in [2.24, 2.45) is 11.3 Å². The maximum Gasteiger partial charge on any atom is 0.315 e. The van der Waals surface area contributed by atoms with Crippen molar-refractivity contribution in [2.75, 3.05) is 7.11 Å². The molecule has 1 fully saturated rings. The van der Waals surface area contributed by atoms with Crippen LogP contribution in [0.1, 0.15) is 19.3 Å². The second-order valence-corrected chi connectivity index (χ2v) is 3.41. The number of carbonyl (C=O) groups is 1. The SMILES string of the molecule is COC(=O)C12C=CCCC1C2. The van der Waals surface area contributed by atoms with E-state index in [0.29, 0.717) is 5.92 Å². The van der Waals surface area contributed by atoms with E-state index >= 15 is 0 Å². The summed E-state index contributed by atoms with van der Waals surface area (Å²) < 4.78 is 4.74. The largest absolute Gasteiger partial charge is 0.468 e. The third kappa shape index (κ3) is 0.817. The average Bonchev–Trinajstić information content (AvgIpc) is 2.78. The first kappa shape index (κ1) is 6.89. The summed E-state index contributed by atoms with van der Waals surface area (Å²) in [6, 6.07) is 0. The fourth-order valence-electron chi connectivity index (χ4n) is 2.01. The predicted octanol–water partition coefficient (Wildman–Crippen LogP) is 1.52. The van der Waals surface area contributed by atoms with Crippen molar-refractivity contribution in [2.45, 2.75) is 19.3 Å². The van der Waals surface area contributed by atoms with Gasteiger partial charge in [0.2, 0.25) is 0 Å². The molecule has 0 bridgehead atoms. The van der Waals surface area contributed by atoms with Gasteiger partial charge in [0.25, 0.3) is 0 Å². The number of carbonyl (C=O) groups excluding carboxylic acids is 1. The normalized spacial score (nSPS) is 39.5. The molecule has 0 radical (unpaired) electrons. The van der Waals surface area contributed by atoms with Gasteiger partial charge in [0.05, 0.1) is 12.5 Å². The number of rotatable bonds is 1. The van der Waals surface area contributed by atoms with Gasteiger partial charge in [-0.25, -0.2) is 0 Å². The fourth-order valence-corrected chi connectivity index (χ4v) is 2.01. The molecule has 0 aromatic heterocycles. The number of methoxy groups -OCH3 is 1. The van der Waals surface area contributed by atoms with Crippen molar-refractivity contribution in [3.8, 4) is 0 Å². The van der Waals surface area contributed by atoms with E-state index in [4.69, 9.17) is 4.74 Å². The number of hydrogen-bond acceptors (Lipinski definition) is 2. The first-order chi connectivity index (χ1) is 5.29. The third-order valence-electron chi connectivity index (χ3n) is 2.82. The Kier molecular flexibility index (Phi) is 1.31. The van der Waals surface area contributed by atoms with Crippen LogP contribution < -0.4 is 0 Å². The molecular weight excluding hydrogens is 140 g/mol. The molecule has 0 aliphatic heterocycles. The van der Waals surface area contributed by atoms with Crippen LogP contribution in [0.4, 0.5) is 0 Å². The van der Waals surface area contributed by atoms with Crippen LogP contribution in [0.25, 0.3) is 0 Å². The summed E-state index contributed by atoms with van der Waals surface area (Å²) in [6.07, 6.45) is 7.43. The summed E-state index contributed by atoms with van der Waals surface area (Å²) in [6.45, 7) is 0. The van der Waals surface area contributed by atoms with Crippen LogP contribution >= 0.6 is 0 Å². The van der Waals surface area contributed by atoms with Gasteiger partial charge in [0, 0.05) is 0 Å². The van der Waals surface area contributed by atoms with Crippen LogP contribution in [0.3, 0.4) is 0 Å². The van der Waals surface area contributed by atoms with Crippen LogP contribution in [0.15, 0.2) is 12.2 Å². The van der Waals surface area contributed by atoms with Gasteiger partial charge in [-0.3, -0.25) is 4.79 Å². The Morgan fingerprint density at radius 2 is 2.55 bits per heavy atom. The highest BCUT2D eigenvalue weighted by molar-refractivity contribution is 5.83. The van der Waals surface area contributed by atoms with E-state index in [1.54, 1.807) is 0 Å². The Morgan fingerprint density at radius 3 is 3.18 bits per heavy atom. The Balaban J connectivity index is 2.18. The molecule has 2 aliphatic rings. The van der Waals surface area contributed by atoms with Gasteiger partial charge in [-0.1, -0.05) is 12.2 Å². The van der Waals surface area contributed by atoms with E-state index in [2.05, 4.69) is 6.08 Å². The maximum atomic E-state index is 11.3. The number of esters is 1. The number of hydrogen-bond donors (Lipinski definition) is 0. The molecule has 0 spiro atoms. The summed E-state index contributed by atoms with van der Waals surface area (Å²) in [5.41, 5.74) is -0.187. The molecule has 1 saturated carbocycles. The first-order valence-electron chi connectivity index (χ1n) is 4.06. The molecule has 0 aromatic carbocycles. The van der Waals surface area contributed by atoms with Crippen molar-refractivity contribution >= 4 is 5.97 Å². The standard InChI is InChI=1S/C9H12O2/c1-11-8(10)9-5-3-2-4-7(9)6-9/h3,5,7H,2,4,6H2,1H3. The van der Waals surface area contributed by atoms with E-state index in [1.807, 2.05) is 6.08 Å². The molecule has 2 heteroatoms. The molecule has 2 atom stereocenters. The molecule has 0 heterocycles. The fraction of sp³-hybridized carbons (Fsp3) is 0.667. The lowest BCUT2D eigenvalue weighted by Gasteiger charge is -2.12. The molecule has 2 nitrogen and oxygen atoms in total. The number of fused-ring (bicyclic) bond motifs is 1.